The van der Waals surface area contributed by atoms with Crippen LogP contribution in [0.1, 0.15) is 43.7 Å². The Morgan fingerprint density at radius 2 is 2.05 bits per heavy atom. The number of rotatable bonds is 3. The second kappa shape index (κ2) is 6.10. The number of halogens is 1. The molecule has 3 N–H and O–H groups in total. The van der Waals surface area contributed by atoms with E-state index in [1.54, 1.807) is 0 Å². The number of nitrogens with one attached hydrogen (secondary N) is 1. The van der Waals surface area contributed by atoms with Crippen LogP contribution in [0.3, 0.4) is 0 Å². The maximum atomic E-state index is 11.8. The molecule has 1 heterocycles. The van der Waals surface area contributed by atoms with Gasteiger partial charge in [-0.05, 0) is 36.1 Å². The summed E-state index contributed by atoms with van der Waals surface area (Å²) in [6.07, 6.45) is 0. The van der Waals surface area contributed by atoms with Crippen molar-refractivity contribution in [2.75, 3.05) is 6.61 Å². The van der Waals surface area contributed by atoms with Crippen molar-refractivity contribution in [3.63, 3.8) is 0 Å². The second-order valence-electron chi connectivity index (χ2n) is 6.01. The molecule has 0 unspecified atom stereocenters. The fourth-order valence-electron chi connectivity index (χ4n) is 2.27. The molecule has 22 heavy (non-hydrogen) atoms. The zero-order valence-electron chi connectivity index (χ0n) is 13.2. The molecule has 0 aliphatic carbocycles. The number of amides is 1. The Balaban J connectivity index is 2.81. The van der Waals surface area contributed by atoms with Crippen LogP contribution in [0.4, 0.5) is 0 Å². The van der Waals surface area contributed by atoms with Gasteiger partial charge in [-0.2, -0.15) is 0 Å². The first-order valence-corrected chi connectivity index (χ1v) is 7.44. The van der Waals surface area contributed by atoms with Crippen LogP contribution in [0.25, 0.3) is 10.9 Å². The van der Waals surface area contributed by atoms with Gasteiger partial charge in [-0.3, -0.25) is 10.2 Å². The number of hydrogen-bond acceptors (Lipinski definition) is 4. The number of aromatic nitrogens is 1. The van der Waals surface area contributed by atoms with Crippen molar-refractivity contribution in [3.8, 4) is 5.75 Å². The fourth-order valence-corrected chi connectivity index (χ4v) is 2.52. The molecule has 1 aromatic heterocycles. The summed E-state index contributed by atoms with van der Waals surface area (Å²) >= 11 is 6.34. The van der Waals surface area contributed by atoms with E-state index in [0.717, 1.165) is 16.7 Å². The van der Waals surface area contributed by atoms with Crippen LogP contribution in [0.15, 0.2) is 18.2 Å². The zero-order chi connectivity index (χ0) is 16.5. The minimum absolute atomic E-state index is 0.181. The number of nitrogen functional groups attached to an aromatic ring is 1. The van der Waals surface area contributed by atoms with Gasteiger partial charge < -0.3 is 4.74 Å². The smallest absolute Gasteiger partial charge is 0.283 e. The number of ether oxygens (including phenoxy) is 1. The summed E-state index contributed by atoms with van der Waals surface area (Å²) in [7, 11) is 0. The van der Waals surface area contributed by atoms with E-state index in [4.69, 9.17) is 22.2 Å². The van der Waals surface area contributed by atoms with Gasteiger partial charge in [-0.1, -0.05) is 32.4 Å². The third-order valence-corrected chi connectivity index (χ3v) is 3.63. The number of fused-ring (bicyclic) bond motifs is 1. The van der Waals surface area contributed by atoms with Gasteiger partial charge in [0.15, 0.2) is 0 Å². The lowest BCUT2D eigenvalue weighted by Crippen LogP contribution is -2.30. The molecule has 118 valence electrons. The summed E-state index contributed by atoms with van der Waals surface area (Å²) in [5.41, 5.74) is 3.73. The van der Waals surface area contributed by atoms with E-state index >= 15 is 0 Å². The van der Waals surface area contributed by atoms with Gasteiger partial charge >= 0.3 is 0 Å². The third-order valence-electron chi connectivity index (χ3n) is 3.32. The Kier molecular flexibility index (Phi) is 4.58. The first kappa shape index (κ1) is 16.5. The molecular formula is C16H20ClN3O2. The molecule has 0 aliphatic rings. The fraction of sp³-hybridized carbons (Fsp3) is 0.375. The Morgan fingerprint density at radius 1 is 1.36 bits per heavy atom. The van der Waals surface area contributed by atoms with Gasteiger partial charge in [0.25, 0.3) is 5.91 Å². The number of hydrogen-bond donors (Lipinski definition) is 2. The highest BCUT2D eigenvalue weighted by Gasteiger charge is 2.22. The van der Waals surface area contributed by atoms with E-state index < -0.39 is 5.91 Å². The summed E-state index contributed by atoms with van der Waals surface area (Å²) in [5.74, 6) is 5.44. The van der Waals surface area contributed by atoms with Crippen LogP contribution in [-0.4, -0.2) is 17.5 Å². The second-order valence-corrected chi connectivity index (χ2v) is 6.42. The SMILES string of the molecule is CCOc1cc(C(C)(C)C)c2nc(C(=O)NN)cc(Cl)c2c1. The van der Waals surface area contributed by atoms with E-state index in [2.05, 4.69) is 31.2 Å². The summed E-state index contributed by atoms with van der Waals surface area (Å²) in [6.45, 7) is 8.71. The highest BCUT2D eigenvalue weighted by atomic mass is 35.5. The Labute approximate surface area is 134 Å². The number of nitrogens with zero attached hydrogens (tertiary/aromatic N) is 1. The van der Waals surface area contributed by atoms with Gasteiger partial charge in [0.05, 0.1) is 17.1 Å². The van der Waals surface area contributed by atoms with Crippen LogP contribution in [0.5, 0.6) is 5.75 Å². The number of hydrazine groups is 1. The molecule has 0 spiro atoms. The minimum atomic E-state index is -0.474. The summed E-state index contributed by atoms with van der Waals surface area (Å²) in [5, 5.41) is 1.20. The average Bonchev–Trinajstić information content (AvgIpc) is 2.45. The monoisotopic (exact) mass is 321 g/mol. The van der Waals surface area contributed by atoms with Crippen LogP contribution in [-0.2, 0) is 5.41 Å². The van der Waals surface area contributed by atoms with Crippen molar-refractivity contribution in [1.82, 2.24) is 10.4 Å². The predicted molar refractivity (Wildman–Crippen MR) is 88.3 cm³/mol. The van der Waals surface area contributed by atoms with Crippen molar-refractivity contribution in [1.29, 1.82) is 0 Å². The molecular weight excluding hydrogens is 302 g/mol. The number of benzene rings is 1. The molecule has 0 bridgehead atoms. The third kappa shape index (κ3) is 3.15. The van der Waals surface area contributed by atoms with E-state index in [-0.39, 0.29) is 11.1 Å². The minimum Gasteiger partial charge on any atom is -0.494 e. The van der Waals surface area contributed by atoms with Crippen molar-refractivity contribution in [3.05, 3.63) is 34.5 Å². The van der Waals surface area contributed by atoms with Crippen molar-refractivity contribution in [2.45, 2.75) is 33.1 Å². The van der Waals surface area contributed by atoms with Gasteiger partial charge in [-0.15, -0.1) is 0 Å². The predicted octanol–water partition coefficient (Wildman–Crippen LogP) is 3.19. The van der Waals surface area contributed by atoms with Gasteiger partial charge in [0, 0.05) is 5.39 Å². The van der Waals surface area contributed by atoms with E-state index in [1.807, 2.05) is 19.1 Å². The van der Waals surface area contributed by atoms with Gasteiger partial charge in [-0.25, -0.2) is 10.8 Å². The highest BCUT2D eigenvalue weighted by molar-refractivity contribution is 6.35. The molecule has 2 rings (SSSR count). The van der Waals surface area contributed by atoms with Crippen molar-refractivity contribution < 1.29 is 9.53 Å². The van der Waals surface area contributed by atoms with Crippen molar-refractivity contribution >= 4 is 28.4 Å². The van der Waals surface area contributed by atoms with E-state index in [0.29, 0.717) is 17.1 Å². The molecule has 2 aromatic rings. The molecule has 5 nitrogen and oxygen atoms in total. The quantitative estimate of drug-likeness (QED) is 0.517. The molecule has 0 aliphatic heterocycles. The molecule has 0 atom stereocenters. The van der Waals surface area contributed by atoms with Gasteiger partial charge in [0.2, 0.25) is 0 Å². The number of carbonyl (C=O) groups excluding carboxylic acids is 1. The molecule has 1 aromatic carbocycles. The lowest BCUT2D eigenvalue weighted by atomic mass is 9.85. The Morgan fingerprint density at radius 3 is 2.59 bits per heavy atom. The maximum Gasteiger partial charge on any atom is 0.283 e. The molecule has 0 saturated heterocycles. The largest absolute Gasteiger partial charge is 0.494 e. The summed E-state index contributed by atoms with van der Waals surface area (Å²) in [6, 6.07) is 5.29. The number of pyridine rings is 1. The topological polar surface area (TPSA) is 77.2 Å². The number of nitrogens with two attached hydrogens (primary N) is 1. The first-order chi connectivity index (χ1) is 10.3. The van der Waals surface area contributed by atoms with Crippen LogP contribution in [0, 0.1) is 0 Å². The summed E-state index contributed by atoms with van der Waals surface area (Å²) < 4.78 is 5.62. The lowest BCUT2D eigenvalue weighted by molar-refractivity contribution is 0.0949. The number of carbonyl (C=O) groups is 1. The Hall–Kier alpha value is -1.85. The summed E-state index contributed by atoms with van der Waals surface area (Å²) in [4.78, 5) is 16.2. The standard InChI is InChI=1S/C16H20ClN3O2/c1-5-22-9-6-10-12(17)8-13(15(21)20-18)19-14(10)11(7-9)16(2,3)4/h6-8H,5,18H2,1-4H3,(H,20,21). The van der Waals surface area contributed by atoms with Crippen molar-refractivity contribution in [2.24, 2.45) is 5.84 Å². The van der Waals surface area contributed by atoms with Crippen LogP contribution >= 0.6 is 11.6 Å². The van der Waals surface area contributed by atoms with E-state index in [1.165, 1.54) is 6.07 Å². The molecule has 6 heteroatoms. The zero-order valence-corrected chi connectivity index (χ0v) is 13.9. The molecule has 0 fully saturated rings. The van der Waals surface area contributed by atoms with Crippen LogP contribution < -0.4 is 16.0 Å². The maximum absolute atomic E-state index is 11.8. The molecule has 0 radical (unpaired) electrons. The van der Waals surface area contributed by atoms with Crippen LogP contribution in [0.2, 0.25) is 5.02 Å². The van der Waals surface area contributed by atoms with Gasteiger partial charge in [0.1, 0.15) is 11.4 Å². The Bertz CT molecular complexity index is 723. The highest BCUT2D eigenvalue weighted by Crippen LogP contribution is 2.36. The molecule has 0 saturated carbocycles. The molecule has 1 amide bonds. The normalized spacial score (nSPS) is 11.5. The van der Waals surface area contributed by atoms with E-state index in [9.17, 15) is 4.79 Å². The average molecular weight is 322 g/mol. The lowest BCUT2D eigenvalue weighted by Gasteiger charge is -2.22. The first-order valence-electron chi connectivity index (χ1n) is 7.06.